The predicted octanol–water partition coefficient (Wildman–Crippen LogP) is 4.23. The zero-order valence-corrected chi connectivity index (χ0v) is 18.9. The Bertz CT molecular complexity index is 1110. The fourth-order valence-electron chi connectivity index (χ4n) is 2.85. The van der Waals surface area contributed by atoms with Gasteiger partial charge in [0.05, 0.1) is 19.6 Å². The van der Waals surface area contributed by atoms with Gasteiger partial charge in [-0.05, 0) is 25.0 Å². The molecule has 0 unspecified atom stereocenters. The van der Waals surface area contributed by atoms with E-state index >= 15 is 0 Å². The molecule has 8 nitrogen and oxygen atoms in total. The number of aryl methyl sites for hydroxylation is 1. The molecule has 0 aliphatic heterocycles. The molecule has 0 spiro atoms. The Balaban J connectivity index is 1.65. The molecule has 1 amide bonds. The van der Waals surface area contributed by atoms with Crippen molar-refractivity contribution in [1.82, 2.24) is 10.2 Å². The van der Waals surface area contributed by atoms with Crippen LogP contribution in [0.4, 0.5) is 4.79 Å². The largest absolute Gasteiger partial charge is 0.463 e. The highest BCUT2D eigenvalue weighted by Crippen LogP contribution is 2.27. The van der Waals surface area contributed by atoms with Gasteiger partial charge in [0.15, 0.2) is 0 Å². The number of nitrogens with zero attached hydrogens (tertiary/aromatic N) is 3. The molecule has 0 saturated heterocycles. The first-order chi connectivity index (χ1) is 15.4. The molecular weight excluding hydrogens is 428 g/mol. The summed E-state index contributed by atoms with van der Waals surface area (Å²) in [4.78, 5) is 26.6. The summed E-state index contributed by atoms with van der Waals surface area (Å²) in [7, 11) is 1.25. The van der Waals surface area contributed by atoms with Gasteiger partial charge in [-0.15, -0.1) is 10.2 Å². The Hall–Kier alpha value is -3.59. The predicted molar refractivity (Wildman–Crippen MR) is 123 cm³/mol. The van der Waals surface area contributed by atoms with Crippen LogP contribution in [0.15, 0.2) is 53.5 Å². The van der Waals surface area contributed by atoms with Gasteiger partial charge in [0, 0.05) is 17.5 Å². The van der Waals surface area contributed by atoms with Crippen LogP contribution in [0.1, 0.15) is 30.8 Å². The minimum atomic E-state index is -0.738. The van der Waals surface area contributed by atoms with Crippen LogP contribution in [0, 0.1) is 0 Å². The number of hydrogen-bond acceptors (Lipinski definition) is 7. The molecule has 166 valence electrons. The zero-order valence-electron chi connectivity index (χ0n) is 18.1. The Morgan fingerprint density at radius 3 is 2.19 bits per heavy atom. The highest BCUT2D eigenvalue weighted by Gasteiger charge is 2.11. The van der Waals surface area contributed by atoms with E-state index in [1.54, 1.807) is 12.1 Å². The number of ether oxygens (including phenoxy) is 2. The van der Waals surface area contributed by atoms with Gasteiger partial charge < -0.3 is 15.2 Å². The molecule has 9 heteroatoms. The molecule has 0 fully saturated rings. The van der Waals surface area contributed by atoms with E-state index in [1.165, 1.54) is 18.4 Å². The number of nitrogens with two attached hydrogens (primary N) is 1. The van der Waals surface area contributed by atoms with Gasteiger partial charge in [-0.3, -0.25) is 4.79 Å². The molecule has 3 rings (SSSR count). The van der Waals surface area contributed by atoms with Gasteiger partial charge in [-0.1, -0.05) is 59.9 Å². The number of amidine groups is 1. The summed E-state index contributed by atoms with van der Waals surface area (Å²) in [5, 5.41) is 10.0. The van der Waals surface area contributed by atoms with Gasteiger partial charge in [-0.2, -0.15) is 4.99 Å². The van der Waals surface area contributed by atoms with E-state index < -0.39 is 6.09 Å². The third-order valence-corrected chi connectivity index (χ3v) is 5.44. The number of carbonyl (C=O) groups excluding carboxylic acids is 2. The van der Waals surface area contributed by atoms with Crippen LogP contribution in [-0.2, 0) is 20.7 Å². The number of aromatic nitrogens is 2. The number of benzene rings is 2. The van der Waals surface area contributed by atoms with Gasteiger partial charge in [0.1, 0.15) is 15.9 Å². The molecule has 32 heavy (non-hydrogen) atoms. The standard InChI is InChI=1S/C23H24N4O4S/c1-14(2)31-20(28)13-12-19-26-27-22(32-19)18-10-6-16(7-11-18)15-4-8-17(9-5-15)21(24)25-23(29)30-3/h4-11,14H,12-13H2,1-3H3,(H2,24,25,29). The van der Waals surface area contributed by atoms with Crippen molar-refractivity contribution in [1.29, 1.82) is 0 Å². The maximum Gasteiger partial charge on any atom is 0.435 e. The van der Waals surface area contributed by atoms with E-state index in [9.17, 15) is 9.59 Å². The molecule has 2 N–H and O–H groups in total. The van der Waals surface area contributed by atoms with Crippen molar-refractivity contribution in [3.63, 3.8) is 0 Å². The average Bonchev–Trinajstić information content (AvgIpc) is 3.26. The summed E-state index contributed by atoms with van der Waals surface area (Å²) >= 11 is 1.47. The lowest BCUT2D eigenvalue weighted by Gasteiger charge is -2.06. The second-order valence-electron chi connectivity index (χ2n) is 7.16. The summed E-state index contributed by atoms with van der Waals surface area (Å²) < 4.78 is 9.63. The first-order valence-corrected chi connectivity index (χ1v) is 10.8. The van der Waals surface area contributed by atoms with Crippen LogP contribution < -0.4 is 5.73 Å². The Morgan fingerprint density at radius 1 is 1.00 bits per heavy atom. The maximum atomic E-state index is 11.7. The highest BCUT2D eigenvalue weighted by molar-refractivity contribution is 7.14. The van der Waals surface area contributed by atoms with Crippen LogP contribution in [0.3, 0.4) is 0 Å². The fourth-order valence-corrected chi connectivity index (χ4v) is 3.69. The highest BCUT2D eigenvalue weighted by atomic mass is 32.1. The number of rotatable bonds is 7. The molecule has 0 radical (unpaired) electrons. The number of methoxy groups -OCH3 is 1. The van der Waals surface area contributed by atoms with Gasteiger partial charge in [-0.25, -0.2) is 4.79 Å². The Kier molecular flexibility index (Phi) is 7.67. The van der Waals surface area contributed by atoms with Crippen molar-refractivity contribution in [3.05, 3.63) is 59.1 Å². The average molecular weight is 453 g/mol. The summed E-state index contributed by atoms with van der Waals surface area (Å²) in [6.07, 6.45) is -0.0582. The molecular formula is C23H24N4O4S. The first kappa shape index (κ1) is 23.1. The fraction of sp³-hybridized carbons (Fsp3) is 0.261. The summed E-state index contributed by atoms with van der Waals surface area (Å²) in [6.45, 7) is 3.65. The quantitative estimate of drug-likeness (QED) is 0.324. The van der Waals surface area contributed by atoms with Crippen molar-refractivity contribution in [2.75, 3.05) is 7.11 Å². The third-order valence-electron chi connectivity index (χ3n) is 4.41. The van der Waals surface area contributed by atoms with Gasteiger partial charge in [0.25, 0.3) is 0 Å². The van der Waals surface area contributed by atoms with Crippen LogP contribution in [-0.4, -0.2) is 41.3 Å². The molecule has 0 aliphatic rings. The molecule has 1 aromatic heterocycles. The summed E-state index contributed by atoms with van der Waals surface area (Å²) in [6, 6.07) is 15.4. The lowest BCUT2D eigenvalue weighted by molar-refractivity contribution is -0.147. The topological polar surface area (TPSA) is 117 Å². The van der Waals surface area contributed by atoms with Gasteiger partial charge in [0.2, 0.25) is 0 Å². The van der Waals surface area contributed by atoms with Crippen LogP contribution in [0.2, 0.25) is 0 Å². The lowest BCUT2D eigenvalue weighted by Crippen LogP contribution is -2.15. The smallest absolute Gasteiger partial charge is 0.435 e. The second-order valence-corrected chi connectivity index (χ2v) is 8.22. The summed E-state index contributed by atoms with van der Waals surface area (Å²) in [5.74, 6) is -0.131. The number of carbonyl (C=O) groups is 2. The molecule has 0 aliphatic carbocycles. The minimum absolute atomic E-state index is 0.100. The molecule has 2 aromatic carbocycles. The Labute approximate surface area is 190 Å². The third kappa shape index (κ3) is 6.21. The molecule has 1 heterocycles. The SMILES string of the molecule is COC(=O)/N=C(/N)c1ccc(-c2ccc(-c3nnc(CCC(=O)OC(C)C)s3)cc2)cc1. The van der Waals surface area contributed by atoms with Crippen molar-refractivity contribution >= 4 is 29.2 Å². The normalized spacial score (nSPS) is 11.4. The minimum Gasteiger partial charge on any atom is -0.463 e. The van der Waals surface area contributed by atoms with Crippen molar-refractivity contribution < 1.29 is 19.1 Å². The molecule has 3 aromatic rings. The Morgan fingerprint density at radius 2 is 1.59 bits per heavy atom. The number of hydrogen-bond donors (Lipinski definition) is 1. The maximum absolute atomic E-state index is 11.7. The zero-order chi connectivity index (χ0) is 23.1. The van der Waals surface area contributed by atoms with E-state index in [1.807, 2.05) is 50.2 Å². The molecule has 0 atom stereocenters. The van der Waals surface area contributed by atoms with Crippen molar-refractivity contribution in [2.24, 2.45) is 10.7 Å². The van der Waals surface area contributed by atoms with E-state index in [-0.39, 0.29) is 24.3 Å². The molecule has 0 saturated carbocycles. The number of aliphatic imine (C=N–C) groups is 1. The first-order valence-electron chi connectivity index (χ1n) is 10.0. The van der Waals surface area contributed by atoms with E-state index in [2.05, 4.69) is 19.9 Å². The van der Waals surface area contributed by atoms with E-state index in [0.29, 0.717) is 12.0 Å². The molecule has 0 bridgehead atoms. The second kappa shape index (κ2) is 10.6. The number of amides is 1. The van der Waals surface area contributed by atoms with Gasteiger partial charge >= 0.3 is 12.1 Å². The van der Waals surface area contributed by atoms with E-state index in [4.69, 9.17) is 10.5 Å². The monoisotopic (exact) mass is 452 g/mol. The van der Waals surface area contributed by atoms with E-state index in [0.717, 1.165) is 26.7 Å². The number of esters is 1. The van der Waals surface area contributed by atoms with Crippen LogP contribution in [0.5, 0.6) is 0 Å². The lowest BCUT2D eigenvalue weighted by atomic mass is 10.0. The van der Waals surface area contributed by atoms with Crippen LogP contribution >= 0.6 is 11.3 Å². The summed E-state index contributed by atoms with van der Waals surface area (Å²) in [5.41, 5.74) is 9.42. The van der Waals surface area contributed by atoms with Crippen LogP contribution in [0.25, 0.3) is 21.7 Å². The van der Waals surface area contributed by atoms with Crippen molar-refractivity contribution in [3.8, 4) is 21.7 Å². The van der Waals surface area contributed by atoms with Crippen molar-refractivity contribution in [2.45, 2.75) is 32.8 Å².